The summed E-state index contributed by atoms with van der Waals surface area (Å²) >= 11 is 0. The number of hydrogen-bond acceptors (Lipinski definition) is 2. The van der Waals surface area contributed by atoms with Crippen LogP contribution in [0.25, 0.3) is 0 Å². The third-order valence-electron chi connectivity index (χ3n) is 1.40. The second-order valence-electron chi connectivity index (χ2n) is 3.60. The highest BCUT2D eigenvalue weighted by atomic mass is 16.3. The van der Waals surface area contributed by atoms with Gasteiger partial charge < -0.3 is 10.2 Å². The van der Waals surface area contributed by atoms with Gasteiger partial charge in [0.2, 0.25) is 0 Å². The van der Waals surface area contributed by atoms with Gasteiger partial charge in [0.1, 0.15) is 0 Å². The van der Waals surface area contributed by atoms with Crippen LogP contribution in [-0.4, -0.2) is 22.4 Å². The zero-order valence-electron chi connectivity index (χ0n) is 8.72. The maximum atomic E-state index is 8.83. The van der Waals surface area contributed by atoms with Gasteiger partial charge in [-0.1, -0.05) is 12.5 Å². The Morgan fingerprint density at radius 3 is 1.75 bits per heavy atom. The van der Waals surface area contributed by atoms with E-state index in [1.807, 2.05) is 13.8 Å². The van der Waals surface area contributed by atoms with E-state index in [2.05, 4.69) is 6.58 Å². The van der Waals surface area contributed by atoms with Crippen LogP contribution in [0, 0.1) is 0 Å². The Bertz CT molecular complexity index is 111. The first-order valence-electron chi connectivity index (χ1n) is 4.31. The molecule has 0 radical (unpaired) electrons. The first kappa shape index (κ1) is 14.2. The van der Waals surface area contributed by atoms with Crippen LogP contribution in [0.3, 0.4) is 0 Å². The molecule has 0 atom stereocenters. The molecule has 0 aromatic rings. The summed E-state index contributed by atoms with van der Waals surface area (Å²) < 4.78 is 0. The van der Waals surface area contributed by atoms with Crippen LogP contribution in [0.5, 0.6) is 0 Å². The van der Waals surface area contributed by atoms with Crippen molar-refractivity contribution in [2.24, 2.45) is 0 Å². The number of rotatable bonds is 3. The van der Waals surface area contributed by atoms with E-state index in [-0.39, 0.29) is 6.61 Å². The minimum absolute atomic E-state index is 0.231. The number of aliphatic hydroxyl groups is 2. The third kappa shape index (κ3) is 22.6. The van der Waals surface area contributed by atoms with Gasteiger partial charge in [0.05, 0.1) is 5.60 Å². The molecule has 0 rings (SSSR count). The lowest BCUT2D eigenvalue weighted by Gasteiger charge is -2.11. The van der Waals surface area contributed by atoms with Gasteiger partial charge in [0, 0.05) is 6.61 Å². The van der Waals surface area contributed by atoms with Crippen molar-refractivity contribution in [3.8, 4) is 0 Å². The minimum atomic E-state index is -0.458. The molecule has 0 unspecified atom stereocenters. The second kappa shape index (κ2) is 7.32. The standard InChI is InChI=1S/C5H10O.C5H12O/c1-5(2)3-4-6;1-4-5(2,3)6/h6H,1,3-4H2,2H3;6H,4H2,1-3H3. The van der Waals surface area contributed by atoms with Crippen LogP contribution in [0.1, 0.15) is 40.5 Å². The topological polar surface area (TPSA) is 40.5 Å². The maximum Gasteiger partial charge on any atom is 0.0589 e. The van der Waals surface area contributed by atoms with Crippen molar-refractivity contribution in [1.29, 1.82) is 0 Å². The van der Waals surface area contributed by atoms with Gasteiger partial charge in [-0.2, -0.15) is 0 Å². The fourth-order valence-electron chi connectivity index (χ4n) is 0.191. The average molecular weight is 174 g/mol. The van der Waals surface area contributed by atoms with Crippen LogP contribution in [0.4, 0.5) is 0 Å². The molecule has 2 nitrogen and oxygen atoms in total. The Morgan fingerprint density at radius 2 is 1.75 bits per heavy atom. The molecular weight excluding hydrogens is 152 g/mol. The van der Waals surface area contributed by atoms with Crippen LogP contribution >= 0.6 is 0 Å². The summed E-state index contributed by atoms with van der Waals surface area (Å²) in [4.78, 5) is 0. The van der Waals surface area contributed by atoms with Crippen molar-refractivity contribution >= 4 is 0 Å². The summed E-state index contributed by atoms with van der Waals surface area (Å²) in [7, 11) is 0. The zero-order valence-corrected chi connectivity index (χ0v) is 8.72. The molecule has 0 aromatic heterocycles. The van der Waals surface area contributed by atoms with Crippen LogP contribution in [0.15, 0.2) is 12.2 Å². The van der Waals surface area contributed by atoms with E-state index in [0.717, 1.165) is 18.4 Å². The first-order chi connectivity index (χ1) is 5.33. The molecular formula is C10H22O2. The van der Waals surface area contributed by atoms with Gasteiger partial charge in [-0.3, -0.25) is 0 Å². The smallest absolute Gasteiger partial charge is 0.0589 e. The van der Waals surface area contributed by atoms with Crippen molar-refractivity contribution in [2.75, 3.05) is 6.61 Å². The number of aliphatic hydroxyl groups excluding tert-OH is 1. The molecule has 12 heavy (non-hydrogen) atoms. The highest BCUT2D eigenvalue weighted by Crippen LogP contribution is 2.03. The largest absolute Gasteiger partial charge is 0.396 e. The SMILES string of the molecule is C=C(C)CCO.CCC(C)(C)O. The Morgan fingerprint density at radius 1 is 1.42 bits per heavy atom. The van der Waals surface area contributed by atoms with Crippen molar-refractivity contribution < 1.29 is 10.2 Å². The lowest BCUT2D eigenvalue weighted by Crippen LogP contribution is -2.15. The second-order valence-corrected chi connectivity index (χ2v) is 3.60. The lowest BCUT2D eigenvalue weighted by molar-refractivity contribution is 0.0765. The van der Waals surface area contributed by atoms with Crippen LogP contribution in [0.2, 0.25) is 0 Å². The number of hydrogen-bond donors (Lipinski definition) is 2. The molecule has 0 aromatic carbocycles. The summed E-state index contributed by atoms with van der Waals surface area (Å²) in [6.45, 7) is 11.3. The highest BCUT2D eigenvalue weighted by Gasteiger charge is 2.05. The Hall–Kier alpha value is -0.340. The van der Waals surface area contributed by atoms with Crippen LogP contribution < -0.4 is 0 Å². The monoisotopic (exact) mass is 174 g/mol. The predicted octanol–water partition coefficient (Wildman–Crippen LogP) is 2.11. The Balaban J connectivity index is 0. The molecule has 0 bridgehead atoms. The van der Waals surface area contributed by atoms with Gasteiger partial charge in [0.25, 0.3) is 0 Å². The molecule has 0 aliphatic rings. The maximum absolute atomic E-state index is 8.83. The van der Waals surface area contributed by atoms with Gasteiger partial charge in [0.15, 0.2) is 0 Å². The normalized spacial score (nSPS) is 10.2. The predicted molar refractivity (Wildman–Crippen MR) is 53.1 cm³/mol. The van der Waals surface area contributed by atoms with Crippen molar-refractivity contribution in [2.45, 2.75) is 46.1 Å². The fraction of sp³-hybridized carbons (Fsp3) is 0.800. The molecule has 2 heteroatoms. The van der Waals surface area contributed by atoms with Gasteiger partial charge >= 0.3 is 0 Å². The molecule has 2 N–H and O–H groups in total. The summed E-state index contributed by atoms with van der Waals surface area (Å²) in [5.41, 5.74) is 0.581. The van der Waals surface area contributed by atoms with Crippen molar-refractivity contribution in [1.82, 2.24) is 0 Å². The Kier molecular flexibility index (Phi) is 8.66. The molecule has 0 spiro atoms. The summed E-state index contributed by atoms with van der Waals surface area (Å²) in [5, 5.41) is 17.0. The first-order valence-corrected chi connectivity index (χ1v) is 4.31. The molecule has 0 saturated carbocycles. The summed E-state index contributed by atoms with van der Waals surface area (Å²) in [6.07, 6.45) is 1.56. The van der Waals surface area contributed by atoms with Gasteiger partial charge in [-0.05, 0) is 33.6 Å². The minimum Gasteiger partial charge on any atom is -0.396 e. The van der Waals surface area contributed by atoms with E-state index in [4.69, 9.17) is 10.2 Å². The van der Waals surface area contributed by atoms with E-state index in [0.29, 0.717) is 0 Å². The average Bonchev–Trinajstić information content (AvgIpc) is 1.87. The quantitative estimate of drug-likeness (QED) is 0.643. The van der Waals surface area contributed by atoms with E-state index >= 15 is 0 Å². The van der Waals surface area contributed by atoms with Crippen LogP contribution in [-0.2, 0) is 0 Å². The Labute approximate surface area is 75.9 Å². The fourth-order valence-corrected chi connectivity index (χ4v) is 0.191. The summed E-state index contributed by atoms with van der Waals surface area (Å²) in [5.74, 6) is 0. The van der Waals surface area contributed by atoms with Gasteiger partial charge in [-0.25, -0.2) is 0 Å². The van der Waals surface area contributed by atoms with Crippen molar-refractivity contribution in [3.05, 3.63) is 12.2 Å². The van der Waals surface area contributed by atoms with E-state index < -0.39 is 5.60 Å². The molecule has 0 heterocycles. The summed E-state index contributed by atoms with van der Waals surface area (Å²) in [6, 6.07) is 0. The molecule has 0 aliphatic heterocycles. The van der Waals surface area contributed by atoms with Gasteiger partial charge in [-0.15, -0.1) is 6.58 Å². The van der Waals surface area contributed by atoms with E-state index in [1.165, 1.54) is 0 Å². The zero-order chi connectivity index (χ0) is 10.2. The van der Waals surface area contributed by atoms with E-state index in [1.54, 1.807) is 13.8 Å². The lowest BCUT2D eigenvalue weighted by atomic mass is 10.1. The highest BCUT2D eigenvalue weighted by molar-refractivity contribution is 4.86. The molecule has 74 valence electrons. The molecule has 0 fully saturated rings. The molecule has 0 amide bonds. The molecule has 0 aliphatic carbocycles. The molecule has 0 saturated heterocycles. The van der Waals surface area contributed by atoms with Crippen molar-refractivity contribution in [3.63, 3.8) is 0 Å². The third-order valence-corrected chi connectivity index (χ3v) is 1.40. The van der Waals surface area contributed by atoms with E-state index in [9.17, 15) is 0 Å².